The van der Waals surface area contributed by atoms with E-state index in [2.05, 4.69) is 97.2 Å². The van der Waals surface area contributed by atoms with Crippen LogP contribution < -0.4 is 10.6 Å². The molecule has 0 spiro atoms. The number of benzene rings is 4. The Morgan fingerprint density at radius 1 is 0.691 bits per heavy atom. The van der Waals surface area contributed by atoms with Gasteiger partial charge in [0.15, 0.2) is 22.4 Å². The first-order valence-corrected chi connectivity index (χ1v) is 32.9. The van der Waals surface area contributed by atoms with Crippen LogP contribution in [-0.4, -0.2) is 122 Å². The van der Waals surface area contributed by atoms with Gasteiger partial charge in [-0.05, 0) is 86.4 Å². The number of nitrogens with one attached hydrogen (secondary N) is 2. The van der Waals surface area contributed by atoms with E-state index >= 15 is 0 Å². The van der Waals surface area contributed by atoms with Gasteiger partial charge < -0.3 is 18.7 Å². The second-order valence-electron chi connectivity index (χ2n) is 23.6. The van der Waals surface area contributed by atoms with Gasteiger partial charge in [-0.3, -0.25) is 34.2 Å². The third-order valence-corrected chi connectivity index (χ3v) is 24.5. The summed E-state index contributed by atoms with van der Waals surface area (Å²) in [5, 5.41) is 14.6. The van der Waals surface area contributed by atoms with Crippen LogP contribution in [0, 0.1) is 0 Å². The molecular weight excluding hydrogens is 1050 g/mol. The van der Waals surface area contributed by atoms with Crippen LogP contribution in [0.15, 0.2) is 114 Å². The zero-order valence-electron chi connectivity index (χ0n) is 49.2. The number of fused-ring (bicyclic) bond motifs is 2. The SMILES string of the molecule is CC(O[Si](C)(C)C(C)(C)C)c1nc(-c2ccc(CC(CO)N=CB=O)cc2)cn1C.O=C1NC(=O)c2ccccc21.[B]C(=O)NC(Cc1ccc(-c2cn(C)c(C(C)O[Si](C)(C)C(C)(C)C)n2)cc1)CN1C(=O)c2ccccc2C1=O. The number of aromatic nitrogens is 4. The van der Waals surface area contributed by atoms with Gasteiger partial charge in [-0.2, -0.15) is 0 Å². The zero-order chi connectivity index (χ0) is 59.8. The van der Waals surface area contributed by atoms with Crippen LogP contribution in [0.25, 0.3) is 22.5 Å². The summed E-state index contributed by atoms with van der Waals surface area (Å²) in [5.74, 6) is -0.266. The molecule has 17 nitrogen and oxygen atoms in total. The molecule has 424 valence electrons. The van der Waals surface area contributed by atoms with Gasteiger partial charge in [-0.25, -0.2) is 4.98 Å². The molecule has 8 rings (SSSR count). The third kappa shape index (κ3) is 15.7. The Hall–Kier alpha value is -7.04. The summed E-state index contributed by atoms with van der Waals surface area (Å²) in [7, 11) is 6.18. The molecule has 4 atom stereocenters. The Bertz CT molecular complexity index is 3210. The van der Waals surface area contributed by atoms with Crippen molar-refractivity contribution in [3.63, 3.8) is 0 Å². The van der Waals surface area contributed by atoms with Crippen LogP contribution in [0.4, 0.5) is 4.79 Å². The van der Waals surface area contributed by atoms with Gasteiger partial charge in [0.2, 0.25) is 7.85 Å². The number of rotatable bonds is 18. The molecule has 21 heteroatoms. The first-order chi connectivity index (χ1) is 37.9. The molecule has 0 fully saturated rings. The van der Waals surface area contributed by atoms with E-state index in [9.17, 15) is 33.8 Å². The molecule has 3 N–H and O–H groups in total. The minimum absolute atomic E-state index is 0.0206. The first kappa shape index (κ1) is 63.2. The van der Waals surface area contributed by atoms with E-state index < -0.39 is 28.5 Å². The number of hydrogen-bond donors (Lipinski definition) is 3. The van der Waals surface area contributed by atoms with Crippen molar-refractivity contribution in [2.75, 3.05) is 13.2 Å². The second kappa shape index (κ2) is 26.3. The molecule has 0 saturated carbocycles. The number of aliphatic hydroxyl groups excluding tert-OH is 1. The van der Waals surface area contributed by atoms with Crippen molar-refractivity contribution in [3.05, 3.63) is 154 Å². The summed E-state index contributed by atoms with van der Waals surface area (Å²) in [5.41, 5.74) is 7.37. The molecule has 0 aliphatic carbocycles. The smallest absolute Gasteiger partial charge is 0.407 e. The number of imidazole rings is 2. The molecule has 81 heavy (non-hydrogen) atoms. The van der Waals surface area contributed by atoms with Crippen molar-refractivity contribution in [3.8, 4) is 22.5 Å². The number of carbonyl (C=O) groups is 5. The minimum atomic E-state index is -1.96. The van der Waals surface area contributed by atoms with E-state index in [1.807, 2.05) is 84.2 Å². The molecule has 6 aromatic rings. The van der Waals surface area contributed by atoms with Crippen molar-refractivity contribution in [1.29, 1.82) is 0 Å². The van der Waals surface area contributed by atoms with Crippen LogP contribution in [0.5, 0.6) is 0 Å². The maximum atomic E-state index is 12.8. The Morgan fingerprint density at radius 2 is 1.09 bits per heavy atom. The van der Waals surface area contributed by atoms with Gasteiger partial charge in [0, 0.05) is 25.4 Å². The second-order valence-corrected chi connectivity index (χ2v) is 33.1. The van der Waals surface area contributed by atoms with E-state index in [1.165, 1.54) is 11.0 Å². The summed E-state index contributed by atoms with van der Waals surface area (Å²) in [6.45, 7) is 26.4. The number of carbonyl (C=O) groups excluding carboxylic acids is 5. The molecule has 4 unspecified atom stereocenters. The van der Waals surface area contributed by atoms with Crippen LogP contribution in [0.3, 0.4) is 0 Å². The number of nitrogens with zero attached hydrogens (tertiary/aromatic N) is 6. The number of aliphatic imine (C=N–C) groups is 1. The topological polar surface area (TPSA) is 216 Å². The molecular formula is C60H76B2N8O9Si2. The molecule has 2 radical (unpaired) electrons. The predicted octanol–water partition coefficient (Wildman–Crippen LogP) is 9.98. The summed E-state index contributed by atoms with van der Waals surface area (Å²) in [6.07, 6.45) is 5.97. The summed E-state index contributed by atoms with van der Waals surface area (Å²) in [6, 6.07) is 28.5. The van der Waals surface area contributed by atoms with Crippen molar-refractivity contribution < 1.29 is 42.6 Å². The predicted molar refractivity (Wildman–Crippen MR) is 322 cm³/mol. The number of imide groups is 2. The van der Waals surface area contributed by atoms with Crippen molar-refractivity contribution >= 4 is 67.2 Å². The Labute approximate surface area is 480 Å². The Morgan fingerprint density at radius 3 is 1.46 bits per heavy atom. The van der Waals surface area contributed by atoms with E-state index in [1.54, 1.807) is 48.5 Å². The molecule has 4 aromatic carbocycles. The Kier molecular flexibility index (Phi) is 20.5. The van der Waals surface area contributed by atoms with E-state index in [0.717, 1.165) is 45.3 Å². The number of aliphatic hydroxyl groups is 1. The number of amides is 5. The Balaban J connectivity index is 0.000000225. The summed E-state index contributed by atoms with van der Waals surface area (Å²) < 4.78 is 27.6. The van der Waals surface area contributed by atoms with Crippen LogP contribution in [0.2, 0.25) is 36.3 Å². The number of hydrogen-bond acceptors (Lipinski definition) is 12. The van der Waals surface area contributed by atoms with Crippen molar-refractivity contribution in [2.45, 2.75) is 129 Å². The standard InChI is InChI=1S/C30H37BN4O4Si.C22H34BN3O3Si.C8H5NO2/c1-19(39-40(6,7)30(2,3)4)26-33-25(18-34(26)5)21-14-12-20(13-15-21)16-22(32-29(31)38)17-35-27(36)23-10-8-9-11-24(23)28(35)37;1-16(29-30(6,7)22(2,3)4)21-25-20(13-26(21)5)18-10-8-17(9-11-18)12-19(14-27)24-15-23-28;10-7-5-3-1-2-4-6(5)8(11)9-7/h8-15,18-19,22H,16-17H2,1-7H3,(H,32,38);8-11,13,15-16,19,27H,12,14H2,1-7H3;1-4H,(H,9,10,11). The van der Waals surface area contributed by atoms with Crippen LogP contribution in [0.1, 0.15) is 132 Å². The van der Waals surface area contributed by atoms with E-state index in [-0.39, 0.29) is 65.1 Å². The quantitative estimate of drug-likeness (QED) is 0.0418. The van der Waals surface area contributed by atoms with Gasteiger partial charge in [-0.1, -0.05) is 90.1 Å². The third-order valence-electron chi connectivity index (χ3n) is 15.4. The van der Waals surface area contributed by atoms with Crippen LogP contribution in [-0.2, 0) is 40.5 Å². The first-order valence-electron chi connectivity index (χ1n) is 27.1. The number of aryl methyl sites for hydroxylation is 2. The summed E-state index contributed by atoms with van der Waals surface area (Å²) in [4.78, 5) is 74.2. The summed E-state index contributed by atoms with van der Waals surface area (Å²) >= 11 is 0. The average Bonchev–Trinajstić information content (AvgIpc) is 4.28. The fourth-order valence-electron chi connectivity index (χ4n) is 8.94. The van der Waals surface area contributed by atoms with Gasteiger partial charge >= 0.3 is 123 Å². The zero-order valence-corrected chi connectivity index (χ0v) is 51.2. The van der Waals surface area contributed by atoms with Gasteiger partial charge in [0.05, 0.1) is 34.0 Å². The molecule has 2 aliphatic rings. The van der Waals surface area contributed by atoms with Gasteiger partial charge in [0.1, 0.15) is 11.9 Å². The molecule has 0 saturated heterocycles. The molecule has 2 aliphatic heterocycles. The van der Waals surface area contributed by atoms with Crippen LogP contribution >= 0.6 is 0 Å². The molecule has 2 aromatic heterocycles. The fraction of sp³-hybridized carbons (Fsp3) is 0.400. The molecule has 4 heterocycles. The monoisotopic (exact) mass is 1130 g/mol. The average molecular weight is 1130 g/mol. The van der Waals surface area contributed by atoms with Crippen molar-refractivity contribution in [1.82, 2.24) is 34.6 Å². The van der Waals surface area contributed by atoms with Crippen molar-refractivity contribution in [2.24, 2.45) is 19.1 Å². The fourth-order valence-corrected chi connectivity index (χ4v) is 11.6. The molecule has 0 bridgehead atoms. The van der Waals surface area contributed by atoms with E-state index in [4.69, 9.17) is 26.7 Å². The minimum Gasteiger partial charge on any atom is -0.407 e. The normalized spacial score (nSPS) is 14.9. The molecule has 5 amide bonds. The van der Waals surface area contributed by atoms with E-state index in [0.29, 0.717) is 42.2 Å². The van der Waals surface area contributed by atoms with Gasteiger partial charge in [-0.15, -0.1) is 0 Å². The maximum absolute atomic E-state index is 12.8. The van der Waals surface area contributed by atoms with Gasteiger partial charge in [0.25, 0.3) is 23.6 Å².